The van der Waals surface area contributed by atoms with Crippen LogP contribution < -0.4 is 15.4 Å². The van der Waals surface area contributed by atoms with E-state index in [1.165, 1.54) is 0 Å². The Morgan fingerprint density at radius 3 is 2.91 bits per heavy atom. The van der Waals surface area contributed by atoms with E-state index in [2.05, 4.69) is 14.8 Å². The second-order valence-electron chi connectivity index (χ2n) is 5.80. The smallest absolute Gasteiger partial charge is 0.231 e. The van der Waals surface area contributed by atoms with E-state index in [1.807, 2.05) is 30.5 Å². The van der Waals surface area contributed by atoms with Crippen molar-refractivity contribution in [1.29, 1.82) is 0 Å². The highest BCUT2D eigenvalue weighted by molar-refractivity contribution is 5.92. The first-order chi connectivity index (χ1) is 11.2. The molecule has 1 aliphatic heterocycles. The fourth-order valence-corrected chi connectivity index (χ4v) is 3.10. The van der Waals surface area contributed by atoms with E-state index in [4.69, 9.17) is 10.5 Å². The van der Waals surface area contributed by atoms with Crippen molar-refractivity contribution < 1.29 is 9.53 Å². The molecule has 6 heteroatoms. The largest absolute Gasteiger partial charge is 0.497 e. The molecule has 3 rings (SSSR count). The molecule has 2 aromatic rings. The zero-order valence-electron chi connectivity index (χ0n) is 13.4. The van der Waals surface area contributed by atoms with Gasteiger partial charge in [0.25, 0.3) is 0 Å². The lowest BCUT2D eigenvalue weighted by Gasteiger charge is -2.24. The van der Waals surface area contributed by atoms with Gasteiger partial charge in [-0.3, -0.25) is 14.7 Å². The number of hydrogen-bond acceptors (Lipinski definition) is 5. The number of carbonyl (C=O) groups is 1. The van der Waals surface area contributed by atoms with Crippen molar-refractivity contribution >= 4 is 22.5 Å². The van der Waals surface area contributed by atoms with Crippen molar-refractivity contribution in [3.63, 3.8) is 0 Å². The number of nitrogens with two attached hydrogens (primary N) is 1. The minimum atomic E-state index is -0.266. The van der Waals surface area contributed by atoms with Crippen LogP contribution >= 0.6 is 0 Å². The summed E-state index contributed by atoms with van der Waals surface area (Å²) >= 11 is 0. The normalized spacial score (nSPS) is 16.3. The Labute approximate surface area is 135 Å². The van der Waals surface area contributed by atoms with Crippen LogP contribution in [0.2, 0.25) is 0 Å². The summed E-state index contributed by atoms with van der Waals surface area (Å²) in [6.45, 7) is 3.87. The fourth-order valence-electron chi connectivity index (χ4n) is 3.10. The predicted molar refractivity (Wildman–Crippen MR) is 90.8 cm³/mol. The lowest BCUT2D eigenvalue weighted by atomic mass is 10.1. The zero-order valence-corrected chi connectivity index (χ0v) is 13.4. The molecule has 1 aliphatic rings. The second-order valence-corrected chi connectivity index (χ2v) is 5.80. The number of rotatable bonds is 4. The molecule has 122 valence electrons. The molecule has 2 heterocycles. The van der Waals surface area contributed by atoms with Gasteiger partial charge in [0.1, 0.15) is 5.75 Å². The number of primary amides is 1. The summed E-state index contributed by atoms with van der Waals surface area (Å²) < 4.78 is 5.34. The van der Waals surface area contributed by atoms with Crippen molar-refractivity contribution in [3.8, 4) is 5.75 Å². The molecule has 6 nitrogen and oxygen atoms in total. The maximum atomic E-state index is 11.1. The molecule has 0 radical (unpaired) electrons. The number of ether oxygens (including phenoxy) is 1. The van der Waals surface area contributed by atoms with Crippen LogP contribution in [0.4, 0.5) is 5.69 Å². The summed E-state index contributed by atoms with van der Waals surface area (Å²) in [4.78, 5) is 20.0. The summed E-state index contributed by atoms with van der Waals surface area (Å²) in [6.07, 6.45) is 2.84. The third-order valence-corrected chi connectivity index (χ3v) is 4.23. The molecule has 0 unspecified atom stereocenters. The zero-order chi connectivity index (χ0) is 16.2. The first kappa shape index (κ1) is 15.6. The van der Waals surface area contributed by atoms with Crippen LogP contribution in [0, 0.1) is 0 Å². The van der Waals surface area contributed by atoms with Crippen molar-refractivity contribution in [1.82, 2.24) is 9.88 Å². The van der Waals surface area contributed by atoms with Gasteiger partial charge in [-0.05, 0) is 30.7 Å². The van der Waals surface area contributed by atoms with E-state index < -0.39 is 0 Å². The van der Waals surface area contributed by atoms with Crippen molar-refractivity contribution in [2.45, 2.75) is 6.42 Å². The molecular formula is C17H22N4O2. The highest BCUT2D eigenvalue weighted by atomic mass is 16.5. The molecule has 0 bridgehead atoms. The van der Waals surface area contributed by atoms with E-state index in [9.17, 15) is 4.79 Å². The number of fused-ring (bicyclic) bond motifs is 1. The molecule has 1 aromatic carbocycles. The molecule has 2 N–H and O–H groups in total. The fraction of sp³-hybridized carbons (Fsp3) is 0.412. The third kappa shape index (κ3) is 3.53. The highest BCUT2D eigenvalue weighted by Crippen LogP contribution is 2.29. The minimum absolute atomic E-state index is 0.266. The second kappa shape index (κ2) is 6.83. The van der Waals surface area contributed by atoms with Gasteiger partial charge in [-0.15, -0.1) is 0 Å². The van der Waals surface area contributed by atoms with E-state index in [1.54, 1.807) is 7.11 Å². The van der Waals surface area contributed by atoms with Gasteiger partial charge in [0.05, 0.1) is 19.2 Å². The number of benzene rings is 1. The number of methoxy groups -OCH3 is 1. The standard InChI is InChI=1S/C17H22N4O2/c1-23-13-3-4-15-14(11-13)16(5-6-19-15)21-8-2-7-20(9-10-21)12-17(18)22/h3-6,11H,2,7-10,12H2,1H3,(H2,18,22). The molecule has 0 spiro atoms. The molecule has 23 heavy (non-hydrogen) atoms. The number of aromatic nitrogens is 1. The van der Waals surface area contributed by atoms with Gasteiger partial charge >= 0.3 is 0 Å². The molecule has 1 fully saturated rings. The van der Waals surface area contributed by atoms with Crippen LogP contribution in [0.5, 0.6) is 5.75 Å². The van der Waals surface area contributed by atoms with Gasteiger partial charge < -0.3 is 15.4 Å². The molecule has 1 saturated heterocycles. The van der Waals surface area contributed by atoms with Gasteiger partial charge in [0.2, 0.25) is 5.91 Å². The number of pyridine rings is 1. The summed E-state index contributed by atoms with van der Waals surface area (Å²) in [7, 11) is 1.67. The number of carbonyl (C=O) groups excluding carboxylic acids is 1. The Bertz CT molecular complexity index is 704. The first-order valence-corrected chi connectivity index (χ1v) is 7.86. The summed E-state index contributed by atoms with van der Waals surface area (Å²) in [6, 6.07) is 7.99. The monoisotopic (exact) mass is 314 g/mol. The molecular weight excluding hydrogens is 292 g/mol. The van der Waals surface area contributed by atoms with E-state index in [-0.39, 0.29) is 5.91 Å². The van der Waals surface area contributed by atoms with Crippen LogP contribution in [-0.2, 0) is 4.79 Å². The number of nitrogens with zero attached hydrogens (tertiary/aromatic N) is 3. The Hall–Kier alpha value is -2.34. The average Bonchev–Trinajstić information content (AvgIpc) is 2.78. The Balaban J connectivity index is 1.86. The third-order valence-electron chi connectivity index (χ3n) is 4.23. The average molecular weight is 314 g/mol. The van der Waals surface area contributed by atoms with Gasteiger partial charge in [0.15, 0.2) is 0 Å². The van der Waals surface area contributed by atoms with E-state index in [0.717, 1.165) is 54.9 Å². The van der Waals surface area contributed by atoms with E-state index >= 15 is 0 Å². The molecule has 0 aliphatic carbocycles. The van der Waals surface area contributed by atoms with Gasteiger partial charge in [-0.1, -0.05) is 0 Å². The van der Waals surface area contributed by atoms with Crippen molar-refractivity contribution in [3.05, 3.63) is 30.5 Å². The maximum absolute atomic E-state index is 11.1. The maximum Gasteiger partial charge on any atom is 0.231 e. The number of hydrogen-bond donors (Lipinski definition) is 1. The van der Waals surface area contributed by atoms with Crippen LogP contribution in [0.15, 0.2) is 30.5 Å². The topological polar surface area (TPSA) is 71.7 Å². The number of amides is 1. The molecule has 1 aromatic heterocycles. The Morgan fingerprint density at radius 1 is 1.26 bits per heavy atom. The molecule has 0 saturated carbocycles. The van der Waals surface area contributed by atoms with Crippen LogP contribution in [0.1, 0.15) is 6.42 Å². The van der Waals surface area contributed by atoms with Crippen LogP contribution in [0.3, 0.4) is 0 Å². The molecule has 1 amide bonds. The van der Waals surface area contributed by atoms with Gasteiger partial charge in [0, 0.05) is 43.4 Å². The minimum Gasteiger partial charge on any atom is -0.497 e. The predicted octanol–water partition coefficient (Wildman–Crippen LogP) is 1.24. The number of anilines is 1. The summed E-state index contributed by atoms with van der Waals surface area (Å²) in [5.41, 5.74) is 7.43. The van der Waals surface area contributed by atoms with Crippen molar-refractivity contribution in [2.24, 2.45) is 5.73 Å². The highest BCUT2D eigenvalue weighted by Gasteiger charge is 2.18. The molecule has 0 atom stereocenters. The Kier molecular flexibility index (Phi) is 4.62. The SMILES string of the molecule is COc1ccc2nccc(N3CCCN(CC(N)=O)CC3)c2c1. The van der Waals surface area contributed by atoms with E-state index in [0.29, 0.717) is 6.54 Å². The Morgan fingerprint density at radius 2 is 2.13 bits per heavy atom. The summed E-state index contributed by atoms with van der Waals surface area (Å²) in [5.74, 6) is 0.564. The quantitative estimate of drug-likeness (QED) is 0.919. The van der Waals surface area contributed by atoms with Crippen LogP contribution in [-0.4, -0.2) is 55.6 Å². The van der Waals surface area contributed by atoms with Gasteiger partial charge in [-0.2, -0.15) is 0 Å². The van der Waals surface area contributed by atoms with Crippen LogP contribution in [0.25, 0.3) is 10.9 Å². The lowest BCUT2D eigenvalue weighted by Crippen LogP contribution is -2.36. The van der Waals surface area contributed by atoms with Crippen molar-refractivity contribution in [2.75, 3.05) is 44.7 Å². The first-order valence-electron chi connectivity index (χ1n) is 7.86. The summed E-state index contributed by atoms with van der Waals surface area (Å²) in [5, 5.41) is 1.09. The van der Waals surface area contributed by atoms with Gasteiger partial charge in [-0.25, -0.2) is 0 Å². The lowest BCUT2D eigenvalue weighted by molar-refractivity contribution is -0.119.